The molecule has 0 radical (unpaired) electrons. The van der Waals surface area contributed by atoms with Crippen molar-refractivity contribution in [3.8, 4) is 16.8 Å². The van der Waals surface area contributed by atoms with Gasteiger partial charge in [0.25, 0.3) is 0 Å². The predicted octanol–water partition coefficient (Wildman–Crippen LogP) is 9.11. The van der Waals surface area contributed by atoms with E-state index in [9.17, 15) is 0 Å². The van der Waals surface area contributed by atoms with Gasteiger partial charge in [-0.2, -0.15) is 0 Å². The average Bonchev–Trinajstić information content (AvgIpc) is 3.41. The Balaban J connectivity index is 1.59. The second-order valence-electron chi connectivity index (χ2n) is 8.32. The van der Waals surface area contributed by atoms with Gasteiger partial charge < -0.3 is 8.98 Å². The Morgan fingerprint density at radius 1 is 0.576 bits per heavy atom. The molecule has 156 valence electrons. The average molecular weight is 488 g/mol. The van der Waals surface area contributed by atoms with E-state index in [1.165, 1.54) is 21.9 Å². The lowest BCUT2D eigenvalue weighted by Gasteiger charge is -2.10. The van der Waals surface area contributed by atoms with Crippen molar-refractivity contribution in [1.29, 1.82) is 0 Å². The predicted molar refractivity (Wildman–Crippen MR) is 141 cm³/mol. The van der Waals surface area contributed by atoms with Crippen LogP contribution in [0.2, 0.25) is 0 Å². The highest BCUT2D eigenvalue weighted by molar-refractivity contribution is 9.10. The van der Waals surface area contributed by atoms with E-state index in [0.29, 0.717) is 0 Å². The first-order chi connectivity index (χ1) is 16.3. The van der Waals surface area contributed by atoms with Gasteiger partial charge in [0.1, 0.15) is 5.58 Å². The fraction of sp³-hybridized carbons (Fsp3) is 0. The Labute approximate surface area is 198 Å². The highest BCUT2D eigenvalue weighted by Gasteiger charge is 2.20. The van der Waals surface area contributed by atoms with Crippen molar-refractivity contribution in [2.24, 2.45) is 0 Å². The molecule has 33 heavy (non-hydrogen) atoms. The first-order valence-corrected chi connectivity index (χ1v) is 11.8. The van der Waals surface area contributed by atoms with Crippen LogP contribution < -0.4 is 0 Å². The SMILES string of the molecule is Brc1cccc2c1c1ccc3c4ccccc4oc3c1n2-c1ccc(-c2ccccc2)cc1. The highest BCUT2D eigenvalue weighted by Crippen LogP contribution is 2.42. The number of rotatable bonds is 2. The quantitative estimate of drug-likeness (QED) is 0.237. The van der Waals surface area contributed by atoms with Crippen LogP contribution >= 0.6 is 15.9 Å². The standard InChI is InChI=1S/C30H18BrNO/c31-25-10-6-11-26-28(25)24-18-17-23-22-9-4-5-12-27(22)33-30(23)29(24)32(26)21-15-13-20(14-16-21)19-7-2-1-3-8-19/h1-18H. The molecule has 3 heteroatoms. The molecule has 0 amide bonds. The van der Waals surface area contributed by atoms with Crippen molar-refractivity contribution in [3.05, 3.63) is 114 Å². The molecule has 0 aliphatic rings. The van der Waals surface area contributed by atoms with Crippen LogP contribution in [0.4, 0.5) is 0 Å². The van der Waals surface area contributed by atoms with Crippen molar-refractivity contribution in [2.45, 2.75) is 0 Å². The maximum Gasteiger partial charge on any atom is 0.160 e. The van der Waals surface area contributed by atoms with Gasteiger partial charge in [0.2, 0.25) is 0 Å². The Hall–Kier alpha value is -3.82. The first kappa shape index (κ1) is 18.7. The van der Waals surface area contributed by atoms with Crippen LogP contribution in [0.15, 0.2) is 118 Å². The summed E-state index contributed by atoms with van der Waals surface area (Å²) in [6.45, 7) is 0. The number of para-hydroxylation sites is 1. The molecule has 7 aromatic rings. The summed E-state index contributed by atoms with van der Waals surface area (Å²) in [5.41, 5.74) is 7.61. The molecule has 0 spiro atoms. The second-order valence-corrected chi connectivity index (χ2v) is 9.17. The Kier molecular flexibility index (Phi) is 4.02. The van der Waals surface area contributed by atoms with Gasteiger partial charge in [-0.05, 0) is 47.5 Å². The molecule has 2 nitrogen and oxygen atoms in total. The number of benzene rings is 5. The maximum absolute atomic E-state index is 6.45. The molecule has 0 fully saturated rings. The lowest BCUT2D eigenvalue weighted by atomic mass is 10.1. The third-order valence-corrected chi connectivity index (χ3v) is 7.14. The summed E-state index contributed by atoms with van der Waals surface area (Å²) in [6, 6.07) is 38.3. The summed E-state index contributed by atoms with van der Waals surface area (Å²) in [6.07, 6.45) is 0. The summed E-state index contributed by atoms with van der Waals surface area (Å²) in [5.74, 6) is 0. The van der Waals surface area contributed by atoms with Crippen LogP contribution in [0.3, 0.4) is 0 Å². The number of fused-ring (bicyclic) bond motifs is 7. The van der Waals surface area contributed by atoms with Crippen molar-refractivity contribution < 1.29 is 4.42 Å². The molecule has 2 heterocycles. The Bertz CT molecular complexity index is 1810. The van der Waals surface area contributed by atoms with E-state index in [1.54, 1.807) is 0 Å². The molecule has 5 aromatic carbocycles. The van der Waals surface area contributed by atoms with E-state index >= 15 is 0 Å². The van der Waals surface area contributed by atoms with E-state index in [0.717, 1.165) is 43.1 Å². The maximum atomic E-state index is 6.45. The molecule has 0 unspecified atom stereocenters. The van der Waals surface area contributed by atoms with Gasteiger partial charge in [-0.25, -0.2) is 0 Å². The van der Waals surface area contributed by atoms with Crippen molar-refractivity contribution in [3.63, 3.8) is 0 Å². The van der Waals surface area contributed by atoms with Crippen molar-refractivity contribution in [2.75, 3.05) is 0 Å². The molecular formula is C30H18BrNO. The molecular weight excluding hydrogens is 470 g/mol. The monoisotopic (exact) mass is 487 g/mol. The molecule has 0 N–H and O–H groups in total. The van der Waals surface area contributed by atoms with Crippen molar-refractivity contribution >= 4 is 59.7 Å². The zero-order chi connectivity index (χ0) is 21.9. The van der Waals surface area contributed by atoms with Crippen LogP contribution in [-0.2, 0) is 0 Å². The largest absolute Gasteiger partial charge is 0.454 e. The third kappa shape index (κ3) is 2.73. The third-order valence-electron chi connectivity index (χ3n) is 6.48. The fourth-order valence-electron chi connectivity index (χ4n) is 4.99. The molecule has 0 saturated carbocycles. The van der Waals surface area contributed by atoms with Crippen LogP contribution in [0.25, 0.3) is 60.6 Å². The van der Waals surface area contributed by atoms with Crippen LogP contribution in [0.1, 0.15) is 0 Å². The molecule has 0 aliphatic carbocycles. The summed E-state index contributed by atoms with van der Waals surface area (Å²) in [7, 11) is 0. The minimum Gasteiger partial charge on any atom is -0.454 e. The van der Waals surface area contributed by atoms with E-state index in [1.807, 2.05) is 18.2 Å². The number of furan rings is 1. The first-order valence-electron chi connectivity index (χ1n) is 11.0. The summed E-state index contributed by atoms with van der Waals surface area (Å²) >= 11 is 3.80. The Morgan fingerprint density at radius 3 is 2.15 bits per heavy atom. The topological polar surface area (TPSA) is 18.1 Å². The van der Waals surface area contributed by atoms with Crippen LogP contribution in [0.5, 0.6) is 0 Å². The lowest BCUT2D eigenvalue weighted by Crippen LogP contribution is -1.94. The number of hydrogen-bond donors (Lipinski definition) is 0. The summed E-state index contributed by atoms with van der Waals surface area (Å²) < 4.78 is 9.87. The van der Waals surface area contributed by atoms with Gasteiger partial charge in [-0.3, -0.25) is 0 Å². The van der Waals surface area contributed by atoms with Crippen molar-refractivity contribution in [1.82, 2.24) is 4.57 Å². The normalized spacial score (nSPS) is 11.8. The van der Waals surface area contributed by atoms with E-state index < -0.39 is 0 Å². The Morgan fingerprint density at radius 2 is 1.30 bits per heavy atom. The smallest absolute Gasteiger partial charge is 0.160 e. The van der Waals surface area contributed by atoms with Crippen LogP contribution in [0, 0.1) is 0 Å². The highest BCUT2D eigenvalue weighted by atomic mass is 79.9. The molecule has 0 saturated heterocycles. The number of halogens is 1. The number of hydrogen-bond acceptors (Lipinski definition) is 1. The van der Waals surface area contributed by atoms with Gasteiger partial charge in [0.15, 0.2) is 5.58 Å². The minimum absolute atomic E-state index is 0.912. The van der Waals surface area contributed by atoms with Gasteiger partial charge in [0, 0.05) is 31.7 Å². The molecule has 0 atom stereocenters. The number of nitrogens with zero attached hydrogens (tertiary/aromatic N) is 1. The number of aromatic nitrogens is 1. The zero-order valence-electron chi connectivity index (χ0n) is 17.6. The van der Waals surface area contributed by atoms with E-state index in [4.69, 9.17) is 4.42 Å². The van der Waals surface area contributed by atoms with Gasteiger partial charge in [-0.1, -0.05) is 88.7 Å². The molecule has 0 aliphatic heterocycles. The summed E-state index contributed by atoms with van der Waals surface area (Å²) in [4.78, 5) is 0. The zero-order valence-corrected chi connectivity index (χ0v) is 19.2. The minimum atomic E-state index is 0.912. The summed E-state index contributed by atoms with van der Waals surface area (Å²) in [5, 5.41) is 4.65. The lowest BCUT2D eigenvalue weighted by molar-refractivity contribution is 0.671. The van der Waals surface area contributed by atoms with E-state index in [-0.39, 0.29) is 0 Å². The molecule has 2 aromatic heterocycles. The molecule has 7 rings (SSSR count). The van der Waals surface area contributed by atoms with Crippen LogP contribution in [-0.4, -0.2) is 4.57 Å². The van der Waals surface area contributed by atoms with Gasteiger partial charge >= 0.3 is 0 Å². The van der Waals surface area contributed by atoms with Gasteiger partial charge in [0.05, 0.1) is 11.0 Å². The fourth-order valence-corrected chi connectivity index (χ4v) is 5.56. The second kappa shape index (κ2) is 7.09. The van der Waals surface area contributed by atoms with Gasteiger partial charge in [-0.15, -0.1) is 0 Å². The van der Waals surface area contributed by atoms with E-state index in [2.05, 4.69) is 111 Å². The molecule has 0 bridgehead atoms.